The minimum Gasteiger partial charge on any atom is -0.340 e. The van der Waals surface area contributed by atoms with Crippen molar-refractivity contribution >= 4 is 22.7 Å². The van der Waals surface area contributed by atoms with Crippen molar-refractivity contribution in [2.45, 2.75) is 19.3 Å². The van der Waals surface area contributed by atoms with Crippen LogP contribution in [-0.2, 0) is 6.42 Å². The fourth-order valence-electron chi connectivity index (χ4n) is 7.64. The molecule has 0 heterocycles. The van der Waals surface area contributed by atoms with Crippen molar-refractivity contribution in [2.75, 3.05) is 7.05 Å². The van der Waals surface area contributed by atoms with Crippen LogP contribution in [0.4, 0.5) is 0 Å². The van der Waals surface area contributed by atoms with E-state index in [9.17, 15) is 0 Å². The van der Waals surface area contributed by atoms with Crippen LogP contribution >= 0.6 is 0 Å². The van der Waals surface area contributed by atoms with Crippen LogP contribution < -0.4 is 5.32 Å². The number of aliphatic imine (C=N–C) groups is 1. The highest BCUT2D eigenvalue weighted by Crippen LogP contribution is 2.52. The number of allylic oxidation sites excluding steroid dienone is 5. The van der Waals surface area contributed by atoms with E-state index < -0.39 is 0 Å². The van der Waals surface area contributed by atoms with Crippen LogP contribution in [-0.4, -0.2) is 12.9 Å². The van der Waals surface area contributed by atoms with Crippen LogP contribution in [0.5, 0.6) is 0 Å². The number of nitrogens with one attached hydrogen (secondary N) is 1. The molecule has 0 fully saturated rings. The predicted octanol–water partition coefficient (Wildman–Crippen LogP) is 11.5. The van der Waals surface area contributed by atoms with E-state index in [1.54, 1.807) is 0 Å². The van der Waals surface area contributed by atoms with Gasteiger partial charge >= 0.3 is 0 Å². The van der Waals surface area contributed by atoms with Gasteiger partial charge in [0.1, 0.15) is 5.84 Å². The zero-order valence-electron chi connectivity index (χ0n) is 28.6. The SMILES string of the molecule is CN=C(N/C(=C\Cc1cccc(C2=CC(C)C3C(=C2)c2ccccc2-c2ccccc23)c1)c1cccc(-c2ccccc2)c1)c1ccccc1. The topological polar surface area (TPSA) is 24.4 Å². The molecule has 1 N–H and O–H groups in total. The Hall–Kier alpha value is -5.99. The molecular weight excluding hydrogens is 605 g/mol. The second-order valence-corrected chi connectivity index (χ2v) is 13.2. The lowest BCUT2D eigenvalue weighted by Crippen LogP contribution is -2.23. The van der Waals surface area contributed by atoms with E-state index in [4.69, 9.17) is 0 Å². The lowest BCUT2D eigenvalue weighted by atomic mass is 9.67. The maximum absolute atomic E-state index is 4.66. The van der Waals surface area contributed by atoms with Gasteiger partial charge in [-0.1, -0.05) is 177 Å². The fourth-order valence-corrected chi connectivity index (χ4v) is 7.64. The van der Waals surface area contributed by atoms with Crippen molar-refractivity contribution in [3.05, 3.63) is 209 Å². The van der Waals surface area contributed by atoms with Gasteiger partial charge in [-0.25, -0.2) is 0 Å². The van der Waals surface area contributed by atoms with Crippen molar-refractivity contribution < 1.29 is 0 Å². The van der Waals surface area contributed by atoms with E-state index in [2.05, 4.69) is 187 Å². The van der Waals surface area contributed by atoms with E-state index >= 15 is 0 Å². The normalized spacial score (nSPS) is 16.8. The lowest BCUT2D eigenvalue weighted by Gasteiger charge is -2.36. The molecule has 2 nitrogen and oxygen atoms in total. The van der Waals surface area contributed by atoms with Gasteiger partial charge in [0.05, 0.1) is 0 Å². The summed E-state index contributed by atoms with van der Waals surface area (Å²) in [5.74, 6) is 1.57. The number of fused-ring (bicyclic) bond motifs is 6. The summed E-state index contributed by atoms with van der Waals surface area (Å²) in [6, 6.07) is 56.5. The third kappa shape index (κ3) is 6.17. The molecule has 0 aliphatic heterocycles. The predicted molar refractivity (Wildman–Crippen MR) is 212 cm³/mol. The molecule has 2 atom stereocenters. The van der Waals surface area contributed by atoms with Gasteiger partial charge in [0.15, 0.2) is 0 Å². The smallest absolute Gasteiger partial charge is 0.132 e. The van der Waals surface area contributed by atoms with Crippen LogP contribution in [0.2, 0.25) is 0 Å². The number of nitrogens with zero attached hydrogens (tertiary/aromatic N) is 1. The molecule has 2 heteroatoms. The van der Waals surface area contributed by atoms with Gasteiger partial charge in [-0.2, -0.15) is 0 Å². The standard InChI is InChI=1S/C48H40N2/c1-33-29-40(32-45-43-25-10-9-23-41(43)42-24-11-12-26-44(42)47(33)45)37-20-13-15-34(30-37)27-28-46(50-48(49-2)36-18-7-4-8-19-36)39-22-14-21-38(31-39)35-16-5-3-6-17-35/h3-26,28-33,47H,27H2,1-2H3,(H,49,50)/b46-28-. The maximum Gasteiger partial charge on any atom is 0.132 e. The van der Waals surface area contributed by atoms with E-state index in [-0.39, 0.29) is 0 Å². The first-order valence-electron chi connectivity index (χ1n) is 17.5. The van der Waals surface area contributed by atoms with Gasteiger partial charge in [-0.05, 0) is 79.6 Å². The van der Waals surface area contributed by atoms with E-state index in [0.717, 1.165) is 29.1 Å². The van der Waals surface area contributed by atoms with E-state index in [1.165, 1.54) is 55.7 Å². The molecular formula is C48H40N2. The third-order valence-electron chi connectivity index (χ3n) is 10.0. The molecule has 0 saturated carbocycles. The van der Waals surface area contributed by atoms with Crippen LogP contribution in [0.25, 0.3) is 39.1 Å². The second kappa shape index (κ2) is 13.9. The lowest BCUT2D eigenvalue weighted by molar-refractivity contribution is 0.650. The number of amidine groups is 1. The molecule has 2 aliphatic rings. The zero-order chi connectivity index (χ0) is 33.9. The first-order valence-corrected chi connectivity index (χ1v) is 17.5. The van der Waals surface area contributed by atoms with Gasteiger partial charge in [-0.15, -0.1) is 0 Å². The number of hydrogen-bond donors (Lipinski definition) is 1. The van der Waals surface area contributed by atoms with E-state index in [1.807, 2.05) is 13.1 Å². The van der Waals surface area contributed by atoms with Crippen LogP contribution in [0.3, 0.4) is 0 Å². The molecule has 0 spiro atoms. The Labute approximate surface area is 295 Å². The van der Waals surface area contributed by atoms with Crippen LogP contribution in [0.15, 0.2) is 181 Å². The van der Waals surface area contributed by atoms with Crippen molar-refractivity contribution in [3.8, 4) is 22.3 Å². The minimum absolute atomic E-state index is 0.357. The summed E-state index contributed by atoms with van der Waals surface area (Å²) in [6.07, 6.45) is 7.99. The molecule has 8 rings (SSSR count). The monoisotopic (exact) mass is 644 g/mol. The van der Waals surface area contributed by atoms with Gasteiger partial charge < -0.3 is 5.32 Å². The summed E-state index contributed by atoms with van der Waals surface area (Å²) < 4.78 is 0. The largest absolute Gasteiger partial charge is 0.340 e. The van der Waals surface area contributed by atoms with Crippen LogP contribution in [0.1, 0.15) is 46.2 Å². The quantitative estimate of drug-likeness (QED) is 0.136. The average molecular weight is 645 g/mol. The molecule has 0 saturated heterocycles. The zero-order valence-corrected chi connectivity index (χ0v) is 28.6. The Kier molecular flexibility index (Phi) is 8.67. The van der Waals surface area contributed by atoms with Gasteiger partial charge in [0, 0.05) is 24.2 Å². The Balaban J connectivity index is 1.14. The van der Waals surface area contributed by atoms with Gasteiger partial charge in [-0.3, -0.25) is 4.99 Å². The summed E-state index contributed by atoms with van der Waals surface area (Å²) in [4.78, 5) is 4.66. The van der Waals surface area contributed by atoms with Crippen molar-refractivity contribution in [3.63, 3.8) is 0 Å². The van der Waals surface area contributed by atoms with E-state index in [0.29, 0.717) is 11.8 Å². The fraction of sp³-hybridized carbons (Fsp3) is 0.104. The minimum atomic E-state index is 0.357. The first kappa shape index (κ1) is 31.3. The summed E-state index contributed by atoms with van der Waals surface area (Å²) in [5.41, 5.74) is 16.3. The molecule has 50 heavy (non-hydrogen) atoms. The van der Waals surface area contributed by atoms with Crippen LogP contribution in [0, 0.1) is 5.92 Å². The van der Waals surface area contributed by atoms with Crippen molar-refractivity contribution in [1.29, 1.82) is 0 Å². The molecule has 0 radical (unpaired) electrons. The highest BCUT2D eigenvalue weighted by Gasteiger charge is 2.34. The molecule has 6 aromatic carbocycles. The first-order chi connectivity index (χ1) is 24.7. The summed E-state index contributed by atoms with van der Waals surface area (Å²) in [7, 11) is 1.85. The van der Waals surface area contributed by atoms with Crippen molar-refractivity contribution in [2.24, 2.45) is 10.9 Å². The maximum atomic E-state index is 4.66. The van der Waals surface area contributed by atoms with Gasteiger partial charge in [0.25, 0.3) is 0 Å². The molecule has 0 bridgehead atoms. The summed E-state index contributed by atoms with van der Waals surface area (Å²) in [5, 5.41) is 3.71. The Bertz CT molecular complexity index is 2290. The number of hydrogen-bond acceptors (Lipinski definition) is 1. The number of rotatable bonds is 7. The second-order valence-electron chi connectivity index (χ2n) is 13.2. The molecule has 2 aliphatic carbocycles. The Morgan fingerprint density at radius 2 is 1.26 bits per heavy atom. The molecule has 6 aromatic rings. The highest BCUT2D eigenvalue weighted by molar-refractivity contribution is 6.03. The summed E-state index contributed by atoms with van der Waals surface area (Å²) >= 11 is 0. The highest BCUT2D eigenvalue weighted by atomic mass is 15.0. The molecule has 0 aromatic heterocycles. The Morgan fingerprint density at radius 3 is 2.06 bits per heavy atom. The average Bonchev–Trinajstić information content (AvgIpc) is 3.19. The molecule has 2 unspecified atom stereocenters. The van der Waals surface area contributed by atoms with Crippen molar-refractivity contribution in [1.82, 2.24) is 5.32 Å². The Morgan fingerprint density at radius 1 is 0.620 bits per heavy atom. The number of benzene rings is 6. The third-order valence-corrected chi connectivity index (χ3v) is 10.0. The van der Waals surface area contributed by atoms with Gasteiger partial charge in [0.2, 0.25) is 0 Å². The summed E-state index contributed by atoms with van der Waals surface area (Å²) in [6.45, 7) is 2.37. The molecule has 0 amide bonds. The molecule has 242 valence electrons.